The lowest BCUT2D eigenvalue weighted by Crippen LogP contribution is -2.31. The van der Waals surface area contributed by atoms with Gasteiger partial charge in [0.05, 0.1) is 36.5 Å². The molecule has 1 heterocycles. The quantitative estimate of drug-likeness (QED) is 0.669. The van der Waals surface area contributed by atoms with Gasteiger partial charge in [0, 0.05) is 5.75 Å². The molecule has 2 amide bonds. The standard InChI is InChI=1S/C22H23NO5S/c1-4-28-16-8-6-15(7-9-16)19-20(29-12-11-24)22(26)23(21(19)25)17-13-14(2)5-10-18(17)27-3/h5-10,13,24H,4,11-12H2,1-3H3. The number of ether oxygens (including phenoxy) is 2. The third kappa shape index (κ3) is 4.16. The van der Waals surface area contributed by atoms with Crippen molar-refractivity contribution in [3.63, 3.8) is 0 Å². The topological polar surface area (TPSA) is 76.1 Å². The molecular weight excluding hydrogens is 390 g/mol. The summed E-state index contributed by atoms with van der Waals surface area (Å²) in [5.41, 5.74) is 2.26. The van der Waals surface area contributed by atoms with Crippen LogP contribution in [-0.2, 0) is 9.59 Å². The first-order valence-corrected chi connectivity index (χ1v) is 10.2. The van der Waals surface area contributed by atoms with E-state index < -0.39 is 11.8 Å². The van der Waals surface area contributed by atoms with Crippen LogP contribution in [0.3, 0.4) is 0 Å². The molecule has 0 aliphatic carbocycles. The Morgan fingerprint density at radius 1 is 1.07 bits per heavy atom. The minimum atomic E-state index is -0.416. The molecule has 29 heavy (non-hydrogen) atoms. The summed E-state index contributed by atoms with van der Waals surface area (Å²) in [6, 6.07) is 12.4. The summed E-state index contributed by atoms with van der Waals surface area (Å²) in [6.07, 6.45) is 0. The molecule has 0 unspecified atom stereocenters. The number of carbonyl (C=O) groups excluding carboxylic acids is 2. The van der Waals surface area contributed by atoms with Gasteiger partial charge in [-0.15, -0.1) is 11.8 Å². The number of thioether (sulfide) groups is 1. The number of nitrogens with zero attached hydrogens (tertiary/aromatic N) is 1. The second kappa shape index (κ2) is 9.15. The Bertz CT molecular complexity index is 952. The summed E-state index contributed by atoms with van der Waals surface area (Å²) >= 11 is 1.17. The van der Waals surface area contributed by atoms with Crippen molar-refractivity contribution in [3.8, 4) is 11.5 Å². The van der Waals surface area contributed by atoms with Gasteiger partial charge in [-0.2, -0.15) is 0 Å². The zero-order valence-corrected chi connectivity index (χ0v) is 17.4. The van der Waals surface area contributed by atoms with Gasteiger partial charge in [0.2, 0.25) is 0 Å². The van der Waals surface area contributed by atoms with Crippen LogP contribution in [0.1, 0.15) is 18.1 Å². The van der Waals surface area contributed by atoms with Crippen LogP contribution in [0, 0.1) is 6.92 Å². The highest BCUT2D eigenvalue weighted by molar-refractivity contribution is 8.04. The van der Waals surface area contributed by atoms with Crippen molar-refractivity contribution in [3.05, 3.63) is 58.5 Å². The Balaban J connectivity index is 2.07. The van der Waals surface area contributed by atoms with Gasteiger partial charge >= 0.3 is 0 Å². The van der Waals surface area contributed by atoms with Crippen molar-refractivity contribution in [1.82, 2.24) is 0 Å². The third-order valence-corrected chi connectivity index (χ3v) is 5.46. The third-order valence-electron chi connectivity index (χ3n) is 4.41. The number of hydrogen-bond donors (Lipinski definition) is 1. The first kappa shape index (κ1) is 21.0. The molecule has 0 fully saturated rings. The van der Waals surface area contributed by atoms with E-state index in [1.54, 1.807) is 36.4 Å². The Morgan fingerprint density at radius 3 is 2.41 bits per heavy atom. The fraction of sp³-hybridized carbons (Fsp3) is 0.273. The normalized spacial score (nSPS) is 14.0. The summed E-state index contributed by atoms with van der Waals surface area (Å²) in [5.74, 6) is 0.616. The Hall–Kier alpha value is -2.77. The fourth-order valence-electron chi connectivity index (χ4n) is 3.12. The van der Waals surface area contributed by atoms with Crippen molar-refractivity contribution in [2.45, 2.75) is 13.8 Å². The predicted octanol–water partition coefficient (Wildman–Crippen LogP) is 3.41. The lowest BCUT2D eigenvalue weighted by Gasteiger charge is -2.19. The Morgan fingerprint density at radius 2 is 1.79 bits per heavy atom. The molecule has 1 N–H and O–H groups in total. The van der Waals surface area contributed by atoms with E-state index in [-0.39, 0.29) is 6.61 Å². The second-order valence-electron chi connectivity index (χ2n) is 6.35. The van der Waals surface area contributed by atoms with Crippen LogP contribution in [0.15, 0.2) is 47.4 Å². The molecule has 0 aromatic heterocycles. The smallest absolute Gasteiger partial charge is 0.272 e. The molecule has 0 saturated carbocycles. The van der Waals surface area contributed by atoms with Crippen LogP contribution in [0.25, 0.3) is 5.57 Å². The Kier molecular flexibility index (Phi) is 6.61. The summed E-state index contributed by atoms with van der Waals surface area (Å²) in [5, 5.41) is 9.24. The van der Waals surface area contributed by atoms with E-state index in [0.29, 0.717) is 45.6 Å². The van der Waals surface area contributed by atoms with Gasteiger partial charge in [-0.05, 0) is 49.2 Å². The number of amides is 2. The average Bonchev–Trinajstić information content (AvgIpc) is 2.96. The van der Waals surface area contributed by atoms with Crippen molar-refractivity contribution in [2.75, 3.05) is 31.0 Å². The molecule has 7 heteroatoms. The first-order chi connectivity index (χ1) is 14.0. The van der Waals surface area contributed by atoms with Crippen LogP contribution in [0.2, 0.25) is 0 Å². The van der Waals surface area contributed by atoms with Gasteiger partial charge < -0.3 is 14.6 Å². The number of imide groups is 1. The number of benzene rings is 2. The molecule has 1 aliphatic rings. The minimum absolute atomic E-state index is 0.0973. The van der Waals surface area contributed by atoms with Crippen molar-refractivity contribution >= 4 is 34.8 Å². The number of methoxy groups -OCH3 is 1. The molecule has 0 saturated heterocycles. The zero-order chi connectivity index (χ0) is 21.0. The van der Waals surface area contributed by atoms with E-state index in [2.05, 4.69) is 0 Å². The highest BCUT2D eigenvalue weighted by Crippen LogP contribution is 2.41. The molecule has 2 aromatic rings. The van der Waals surface area contributed by atoms with E-state index in [9.17, 15) is 14.7 Å². The van der Waals surface area contributed by atoms with Crippen LogP contribution in [0.5, 0.6) is 11.5 Å². The van der Waals surface area contributed by atoms with Gasteiger partial charge in [0.1, 0.15) is 11.5 Å². The fourth-order valence-corrected chi connectivity index (χ4v) is 3.98. The monoisotopic (exact) mass is 413 g/mol. The lowest BCUT2D eigenvalue weighted by atomic mass is 10.1. The molecule has 2 aromatic carbocycles. The number of aliphatic hydroxyl groups is 1. The van der Waals surface area contributed by atoms with Crippen molar-refractivity contribution < 1.29 is 24.2 Å². The summed E-state index contributed by atoms with van der Waals surface area (Å²) < 4.78 is 10.8. The van der Waals surface area contributed by atoms with Crippen LogP contribution in [0.4, 0.5) is 5.69 Å². The molecular formula is C22H23NO5S. The maximum atomic E-state index is 13.4. The second-order valence-corrected chi connectivity index (χ2v) is 7.46. The number of carbonyl (C=O) groups is 2. The van der Waals surface area contributed by atoms with E-state index in [0.717, 1.165) is 10.5 Å². The molecule has 3 rings (SSSR count). The zero-order valence-electron chi connectivity index (χ0n) is 16.6. The average molecular weight is 413 g/mol. The maximum Gasteiger partial charge on any atom is 0.272 e. The van der Waals surface area contributed by atoms with Crippen LogP contribution >= 0.6 is 11.8 Å². The molecule has 0 spiro atoms. The largest absolute Gasteiger partial charge is 0.495 e. The summed E-state index contributed by atoms with van der Waals surface area (Å²) in [6.45, 7) is 4.22. The molecule has 6 nitrogen and oxygen atoms in total. The summed E-state index contributed by atoms with van der Waals surface area (Å²) in [7, 11) is 1.50. The molecule has 152 valence electrons. The number of anilines is 1. The van der Waals surface area contributed by atoms with E-state index >= 15 is 0 Å². The number of hydrogen-bond acceptors (Lipinski definition) is 6. The maximum absolute atomic E-state index is 13.4. The summed E-state index contributed by atoms with van der Waals surface area (Å²) in [4.78, 5) is 28.1. The highest BCUT2D eigenvalue weighted by atomic mass is 32.2. The number of aliphatic hydroxyl groups excluding tert-OH is 1. The van der Waals surface area contributed by atoms with Gasteiger partial charge in [0.15, 0.2) is 0 Å². The van der Waals surface area contributed by atoms with Crippen molar-refractivity contribution in [1.29, 1.82) is 0 Å². The van der Waals surface area contributed by atoms with Gasteiger partial charge in [-0.25, -0.2) is 4.90 Å². The molecule has 1 aliphatic heterocycles. The number of rotatable bonds is 8. The Labute approximate surface area is 174 Å². The van der Waals surface area contributed by atoms with Gasteiger partial charge in [-0.1, -0.05) is 18.2 Å². The van der Waals surface area contributed by atoms with Crippen LogP contribution < -0.4 is 14.4 Å². The predicted molar refractivity (Wildman–Crippen MR) is 114 cm³/mol. The highest BCUT2D eigenvalue weighted by Gasteiger charge is 2.41. The first-order valence-electron chi connectivity index (χ1n) is 9.26. The minimum Gasteiger partial charge on any atom is -0.495 e. The molecule has 0 bridgehead atoms. The van der Waals surface area contributed by atoms with Gasteiger partial charge in [-0.3, -0.25) is 9.59 Å². The number of aryl methyl sites for hydroxylation is 1. The van der Waals surface area contributed by atoms with E-state index in [4.69, 9.17) is 9.47 Å². The van der Waals surface area contributed by atoms with E-state index in [1.807, 2.05) is 19.9 Å². The van der Waals surface area contributed by atoms with E-state index in [1.165, 1.54) is 18.9 Å². The SMILES string of the molecule is CCOc1ccc(C2=C(SCCO)C(=O)N(c3cc(C)ccc3OC)C2=O)cc1. The van der Waals surface area contributed by atoms with Gasteiger partial charge in [0.25, 0.3) is 11.8 Å². The lowest BCUT2D eigenvalue weighted by molar-refractivity contribution is -0.119. The van der Waals surface area contributed by atoms with Crippen LogP contribution in [-0.4, -0.2) is 43.0 Å². The molecule has 0 atom stereocenters. The van der Waals surface area contributed by atoms with Crippen molar-refractivity contribution in [2.24, 2.45) is 0 Å². The molecule has 0 radical (unpaired) electrons.